The number of hydrogen-bond donors (Lipinski definition) is 3. The number of phenols is 1. The van der Waals surface area contributed by atoms with Gasteiger partial charge in [0.2, 0.25) is 5.91 Å². The Morgan fingerprint density at radius 3 is 2.95 bits per heavy atom. The molecule has 20 heavy (non-hydrogen) atoms. The van der Waals surface area contributed by atoms with Crippen molar-refractivity contribution in [3.8, 4) is 5.75 Å². The molecule has 0 radical (unpaired) electrons. The third kappa shape index (κ3) is 3.12. The first-order valence-corrected chi connectivity index (χ1v) is 7.38. The molecule has 0 spiro atoms. The van der Waals surface area contributed by atoms with Crippen molar-refractivity contribution >= 4 is 5.91 Å². The minimum absolute atomic E-state index is 0.0936. The average Bonchev–Trinajstić information content (AvgIpc) is 2.89. The molecule has 0 aliphatic carbocycles. The van der Waals surface area contributed by atoms with Crippen LogP contribution in [-0.2, 0) is 4.79 Å². The molecule has 1 aromatic rings. The Bertz CT molecular complexity index is 467. The summed E-state index contributed by atoms with van der Waals surface area (Å²) in [6.07, 6.45) is 2.83. The largest absolute Gasteiger partial charge is 0.508 e. The van der Waals surface area contributed by atoms with Gasteiger partial charge in [-0.1, -0.05) is 25.5 Å². The van der Waals surface area contributed by atoms with Crippen molar-refractivity contribution in [3.63, 3.8) is 0 Å². The third-order valence-electron chi connectivity index (χ3n) is 4.17. The van der Waals surface area contributed by atoms with E-state index in [1.54, 1.807) is 18.2 Å². The van der Waals surface area contributed by atoms with E-state index in [4.69, 9.17) is 0 Å². The predicted octanol–water partition coefficient (Wildman–Crippen LogP) is 2.35. The number of phenolic OH excluding ortho intramolecular Hbond substituents is 1. The molecule has 1 fully saturated rings. The van der Waals surface area contributed by atoms with Gasteiger partial charge in [0.1, 0.15) is 5.75 Å². The number of carbonyl (C=O) groups excluding carboxylic acids is 1. The topological polar surface area (TPSA) is 61.4 Å². The van der Waals surface area contributed by atoms with E-state index >= 15 is 0 Å². The fourth-order valence-corrected chi connectivity index (χ4v) is 2.97. The minimum atomic E-state index is -0.264. The molecule has 1 aliphatic heterocycles. The fraction of sp³-hybridized carbons (Fsp3) is 0.562. The molecule has 1 amide bonds. The van der Waals surface area contributed by atoms with Gasteiger partial charge in [-0.2, -0.15) is 0 Å². The second-order valence-electron chi connectivity index (χ2n) is 5.75. The van der Waals surface area contributed by atoms with Gasteiger partial charge < -0.3 is 15.7 Å². The molecule has 1 heterocycles. The van der Waals surface area contributed by atoms with Crippen molar-refractivity contribution in [1.29, 1.82) is 0 Å². The highest BCUT2D eigenvalue weighted by Crippen LogP contribution is 2.32. The Balaban J connectivity index is 2.06. The molecule has 2 atom stereocenters. The molecule has 4 nitrogen and oxygen atoms in total. The van der Waals surface area contributed by atoms with Crippen LogP contribution in [0.1, 0.15) is 44.7 Å². The smallest absolute Gasteiger partial charge is 0.228 e. The maximum atomic E-state index is 12.6. The SMILES string of the molecule is CCCC1(C(=O)NC(C)c2cccc(O)c2)CCNC1. The van der Waals surface area contributed by atoms with Crippen LogP contribution < -0.4 is 10.6 Å². The molecular formula is C16H24N2O2. The van der Waals surface area contributed by atoms with Crippen LogP contribution in [0.15, 0.2) is 24.3 Å². The van der Waals surface area contributed by atoms with Crippen LogP contribution in [-0.4, -0.2) is 24.1 Å². The van der Waals surface area contributed by atoms with Gasteiger partial charge >= 0.3 is 0 Å². The van der Waals surface area contributed by atoms with Crippen LogP contribution in [0.5, 0.6) is 5.75 Å². The molecule has 1 saturated heterocycles. The number of amides is 1. The molecule has 0 saturated carbocycles. The molecule has 0 aromatic heterocycles. The Kier molecular flexibility index (Phi) is 4.65. The van der Waals surface area contributed by atoms with E-state index in [1.165, 1.54) is 0 Å². The maximum absolute atomic E-state index is 12.6. The van der Waals surface area contributed by atoms with Crippen LogP contribution in [0.4, 0.5) is 0 Å². The number of rotatable bonds is 5. The van der Waals surface area contributed by atoms with Crippen molar-refractivity contribution in [2.45, 2.75) is 39.2 Å². The van der Waals surface area contributed by atoms with Gasteiger partial charge in [0.15, 0.2) is 0 Å². The number of hydrogen-bond acceptors (Lipinski definition) is 3. The van der Waals surface area contributed by atoms with E-state index in [9.17, 15) is 9.90 Å². The zero-order valence-electron chi connectivity index (χ0n) is 12.3. The predicted molar refractivity (Wildman–Crippen MR) is 79.5 cm³/mol. The van der Waals surface area contributed by atoms with Crippen LogP contribution >= 0.6 is 0 Å². The maximum Gasteiger partial charge on any atom is 0.228 e. The molecule has 1 aliphatic rings. The van der Waals surface area contributed by atoms with Gasteiger partial charge in [-0.25, -0.2) is 0 Å². The lowest BCUT2D eigenvalue weighted by molar-refractivity contribution is -0.131. The highest BCUT2D eigenvalue weighted by atomic mass is 16.3. The monoisotopic (exact) mass is 276 g/mol. The number of benzene rings is 1. The van der Waals surface area contributed by atoms with Crippen molar-refractivity contribution in [2.75, 3.05) is 13.1 Å². The molecule has 4 heteroatoms. The van der Waals surface area contributed by atoms with Gasteiger partial charge in [-0.15, -0.1) is 0 Å². The van der Waals surface area contributed by atoms with Crippen molar-refractivity contribution in [1.82, 2.24) is 10.6 Å². The first-order valence-electron chi connectivity index (χ1n) is 7.38. The quantitative estimate of drug-likeness (QED) is 0.773. The molecule has 1 aromatic carbocycles. The fourth-order valence-electron chi connectivity index (χ4n) is 2.97. The van der Waals surface area contributed by atoms with Gasteiger partial charge in [0.05, 0.1) is 11.5 Å². The summed E-state index contributed by atoms with van der Waals surface area (Å²) in [6.45, 7) is 5.74. The molecular weight excluding hydrogens is 252 g/mol. The van der Waals surface area contributed by atoms with Gasteiger partial charge in [-0.05, 0) is 44.0 Å². The summed E-state index contributed by atoms with van der Waals surface area (Å²) in [4.78, 5) is 12.6. The van der Waals surface area contributed by atoms with E-state index < -0.39 is 0 Å². The Morgan fingerprint density at radius 2 is 2.35 bits per heavy atom. The lowest BCUT2D eigenvalue weighted by Crippen LogP contribution is -2.43. The van der Waals surface area contributed by atoms with E-state index in [0.29, 0.717) is 0 Å². The Hall–Kier alpha value is -1.55. The molecule has 3 N–H and O–H groups in total. The highest BCUT2D eigenvalue weighted by Gasteiger charge is 2.40. The summed E-state index contributed by atoms with van der Waals surface area (Å²) in [5.74, 6) is 0.356. The van der Waals surface area contributed by atoms with Gasteiger partial charge in [0, 0.05) is 6.54 Å². The number of aromatic hydroxyl groups is 1. The standard InChI is InChI=1S/C16H24N2O2/c1-3-7-16(8-9-17-11-16)15(20)18-12(2)13-5-4-6-14(19)10-13/h4-6,10,12,17,19H,3,7-9,11H2,1-2H3,(H,18,20). The lowest BCUT2D eigenvalue weighted by atomic mass is 9.81. The first-order chi connectivity index (χ1) is 9.57. The normalized spacial score (nSPS) is 23.5. The number of nitrogens with one attached hydrogen (secondary N) is 2. The Labute approximate surface area is 120 Å². The lowest BCUT2D eigenvalue weighted by Gasteiger charge is -2.28. The van der Waals surface area contributed by atoms with Crippen LogP contribution in [0, 0.1) is 5.41 Å². The average molecular weight is 276 g/mol. The van der Waals surface area contributed by atoms with E-state index in [-0.39, 0.29) is 23.1 Å². The van der Waals surface area contributed by atoms with Crippen molar-refractivity contribution < 1.29 is 9.90 Å². The first kappa shape index (κ1) is 14.9. The van der Waals surface area contributed by atoms with Crippen LogP contribution in [0.25, 0.3) is 0 Å². The highest BCUT2D eigenvalue weighted by molar-refractivity contribution is 5.83. The molecule has 0 bridgehead atoms. The van der Waals surface area contributed by atoms with E-state index in [2.05, 4.69) is 17.6 Å². The summed E-state index contributed by atoms with van der Waals surface area (Å²) >= 11 is 0. The summed E-state index contributed by atoms with van der Waals surface area (Å²) in [7, 11) is 0. The third-order valence-corrected chi connectivity index (χ3v) is 4.17. The van der Waals surface area contributed by atoms with Crippen molar-refractivity contribution in [3.05, 3.63) is 29.8 Å². The van der Waals surface area contributed by atoms with Gasteiger partial charge in [-0.3, -0.25) is 4.79 Å². The Morgan fingerprint density at radius 1 is 1.55 bits per heavy atom. The summed E-state index contributed by atoms with van der Waals surface area (Å²) in [5.41, 5.74) is 0.663. The van der Waals surface area contributed by atoms with Crippen molar-refractivity contribution in [2.24, 2.45) is 5.41 Å². The summed E-state index contributed by atoms with van der Waals surface area (Å²) in [5, 5.41) is 15.9. The molecule has 2 unspecified atom stereocenters. The zero-order chi connectivity index (χ0) is 14.6. The van der Waals surface area contributed by atoms with Crippen LogP contribution in [0.2, 0.25) is 0 Å². The number of carbonyl (C=O) groups is 1. The van der Waals surface area contributed by atoms with Gasteiger partial charge in [0.25, 0.3) is 0 Å². The second-order valence-corrected chi connectivity index (χ2v) is 5.75. The van der Waals surface area contributed by atoms with Crippen LogP contribution in [0.3, 0.4) is 0 Å². The minimum Gasteiger partial charge on any atom is -0.508 e. The summed E-state index contributed by atoms with van der Waals surface area (Å²) in [6, 6.07) is 6.96. The second kappa shape index (κ2) is 6.27. The summed E-state index contributed by atoms with van der Waals surface area (Å²) < 4.78 is 0. The molecule has 2 rings (SSSR count). The zero-order valence-corrected chi connectivity index (χ0v) is 12.3. The molecule has 110 valence electrons. The van der Waals surface area contributed by atoms with E-state index in [0.717, 1.165) is 37.9 Å². The van der Waals surface area contributed by atoms with E-state index in [1.807, 2.05) is 13.0 Å².